The molecule has 0 aromatic heterocycles. The number of nitrogens with zero attached hydrogens (tertiary/aromatic N) is 1. The zero-order valence-corrected chi connectivity index (χ0v) is 8.01. The summed E-state index contributed by atoms with van der Waals surface area (Å²) >= 11 is 0. The smallest absolute Gasteiger partial charge is 0.0483 e. The number of likely N-dealkylation sites (tertiary alicyclic amines) is 1. The van der Waals surface area contributed by atoms with Crippen LogP contribution in [-0.2, 0) is 0 Å². The monoisotopic (exact) mass is 159 g/mol. The van der Waals surface area contributed by atoms with Gasteiger partial charge in [0.1, 0.15) is 0 Å². The van der Waals surface area contributed by atoms with Gasteiger partial charge in [0, 0.05) is 6.10 Å². The molecule has 0 saturated carbocycles. The summed E-state index contributed by atoms with van der Waals surface area (Å²) < 4.78 is 0. The molecule has 2 nitrogen and oxygen atoms in total. The van der Waals surface area contributed by atoms with E-state index < -0.39 is 0 Å². The molecule has 0 spiro atoms. The van der Waals surface area contributed by atoms with Gasteiger partial charge in [-0.3, -0.25) is 0 Å². The molecule has 0 atom stereocenters. The number of aliphatic hydroxyl groups is 1. The van der Waals surface area contributed by atoms with Crippen molar-refractivity contribution >= 4 is 0 Å². The van der Waals surface area contributed by atoms with Crippen LogP contribution in [0.25, 0.3) is 0 Å². The summed E-state index contributed by atoms with van der Waals surface area (Å²) in [5.74, 6) is 0. The molecule has 0 aromatic rings. The third-order valence-corrected chi connectivity index (χ3v) is 1.58. The van der Waals surface area contributed by atoms with Crippen molar-refractivity contribution in [3.8, 4) is 0 Å². The Kier molecular flexibility index (Phi) is 6.57. The Morgan fingerprint density at radius 2 is 1.45 bits per heavy atom. The van der Waals surface area contributed by atoms with E-state index in [1.54, 1.807) is 13.8 Å². The van der Waals surface area contributed by atoms with Crippen molar-refractivity contribution in [3.63, 3.8) is 0 Å². The minimum Gasteiger partial charge on any atom is -0.394 e. The van der Waals surface area contributed by atoms with Gasteiger partial charge < -0.3 is 10.0 Å². The Morgan fingerprint density at radius 3 is 1.64 bits per heavy atom. The summed E-state index contributed by atoms with van der Waals surface area (Å²) in [5, 5.41) is 8.06. The second-order valence-corrected chi connectivity index (χ2v) is 3.46. The van der Waals surface area contributed by atoms with E-state index >= 15 is 0 Å². The first-order valence-corrected chi connectivity index (χ1v) is 4.49. The summed E-state index contributed by atoms with van der Waals surface area (Å²) in [7, 11) is 2.19. The zero-order valence-electron chi connectivity index (χ0n) is 8.01. The summed E-state index contributed by atoms with van der Waals surface area (Å²) in [6.45, 7) is 6.08. The minimum atomic E-state index is -0.167. The van der Waals surface area contributed by atoms with E-state index in [1.165, 1.54) is 32.4 Å². The molecule has 1 fully saturated rings. The lowest BCUT2D eigenvalue weighted by Crippen LogP contribution is -2.24. The summed E-state index contributed by atoms with van der Waals surface area (Å²) in [5.41, 5.74) is 0. The van der Waals surface area contributed by atoms with Crippen molar-refractivity contribution in [1.29, 1.82) is 0 Å². The van der Waals surface area contributed by atoms with Crippen LogP contribution in [-0.4, -0.2) is 36.2 Å². The third kappa shape index (κ3) is 9.92. The summed E-state index contributed by atoms with van der Waals surface area (Å²) in [6, 6.07) is 0. The van der Waals surface area contributed by atoms with E-state index in [2.05, 4.69) is 11.9 Å². The van der Waals surface area contributed by atoms with Crippen molar-refractivity contribution in [2.45, 2.75) is 39.2 Å². The lowest BCUT2D eigenvalue weighted by atomic mass is 10.1. The van der Waals surface area contributed by atoms with Gasteiger partial charge in [-0.05, 0) is 46.8 Å². The van der Waals surface area contributed by atoms with Crippen LogP contribution in [0.3, 0.4) is 0 Å². The van der Waals surface area contributed by atoms with Crippen molar-refractivity contribution in [2.75, 3.05) is 20.1 Å². The lowest BCUT2D eigenvalue weighted by Gasteiger charge is -2.20. The Hall–Kier alpha value is -0.0800. The Balaban J connectivity index is 0.000000218. The fraction of sp³-hybridized carbons (Fsp3) is 1.00. The van der Waals surface area contributed by atoms with Gasteiger partial charge >= 0.3 is 0 Å². The second-order valence-electron chi connectivity index (χ2n) is 3.46. The molecule has 68 valence electrons. The number of aliphatic hydroxyl groups excluding tert-OH is 1. The van der Waals surface area contributed by atoms with E-state index in [4.69, 9.17) is 5.11 Å². The van der Waals surface area contributed by atoms with Crippen LogP contribution in [0.15, 0.2) is 0 Å². The van der Waals surface area contributed by atoms with E-state index in [1.807, 2.05) is 0 Å². The Labute approximate surface area is 70.2 Å². The number of hydrogen-bond acceptors (Lipinski definition) is 2. The second kappa shape index (κ2) is 6.62. The predicted molar refractivity (Wildman–Crippen MR) is 48.7 cm³/mol. The van der Waals surface area contributed by atoms with Gasteiger partial charge in [0.15, 0.2) is 0 Å². The van der Waals surface area contributed by atoms with Gasteiger partial charge in [-0.15, -0.1) is 0 Å². The number of hydrogen-bond donors (Lipinski definition) is 1. The van der Waals surface area contributed by atoms with E-state index in [0.29, 0.717) is 0 Å². The molecule has 0 bridgehead atoms. The van der Waals surface area contributed by atoms with Crippen molar-refractivity contribution in [2.24, 2.45) is 0 Å². The fourth-order valence-corrected chi connectivity index (χ4v) is 1.05. The van der Waals surface area contributed by atoms with E-state index in [-0.39, 0.29) is 6.10 Å². The van der Waals surface area contributed by atoms with E-state index in [0.717, 1.165) is 0 Å². The summed E-state index contributed by atoms with van der Waals surface area (Å²) in [4.78, 5) is 2.39. The maximum Gasteiger partial charge on any atom is 0.0483 e. The average Bonchev–Trinajstić information content (AvgIpc) is 1.87. The first-order chi connectivity index (χ1) is 5.13. The quantitative estimate of drug-likeness (QED) is 0.579. The normalized spacial score (nSPS) is 19.4. The van der Waals surface area contributed by atoms with Gasteiger partial charge in [0.05, 0.1) is 0 Å². The van der Waals surface area contributed by atoms with Crippen molar-refractivity contribution in [1.82, 2.24) is 4.90 Å². The molecular formula is C9H21NO. The Bertz CT molecular complexity index is 74.9. The van der Waals surface area contributed by atoms with Crippen molar-refractivity contribution in [3.05, 3.63) is 0 Å². The maximum absolute atomic E-state index is 8.06. The molecule has 0 radical (unpaired) electrons. The van der Waals surface area contributed by atoms with Crippen LogP contribution in [0.2, 0.25) is 0 Å². The first kappa shape index (κ1) is 10.9. The topological polar surface area (TPSA) is 23.5 Å². The van der Waals surface area contributed by atoms with E-state index in [9.17, 15) is 0 Å². The highest BCUT2D eigenvalue weighted by Gasteiger charge is 2.02. The molecule has 1 N–H and O–H groups in total. The largest absolute Gasteiger partial charge is 0.394 e. The van der Waals surface area contributed by atoms with Crippen LogP contribution in [0.4, 0.5) is 0 Å². The minimum absolute atomic E-state index is 0.167. The van der Waals surface area contributed by atoms with Gasteiger partial charge in [-0.25, -0.2) is 0 Å². The third-order valence-electron chi connectivity index (χ3n) is 1.58. The van der Waals surface area contributed by atoms with Crippen LogP contribution in [0.1, 0.15) is 33.1 Å². The SMILES string of the molecule is CC(C)O.CN1CCCCC1. The van der Waals surface area contributed by atoms with Crippen LogP contribution >= 0.6 is 0 Å². The predicted octanol–water partition coefficient (Wildman–Crippen LogP) is 1.49. The molecule has 0 aromatic carbocycles. The van der Waals surface area contributed by atoms with Crippen molar-refractivity contribution < 1.29 is 5.11 Å². The molecule has 1 aliphatic heterocycles. The molecule has 11 heavy (non-hydrogen) atoms. The van der Waals surface area contributed by atoms with Gasteiger partial charge in [-0.1, -0.05) is 6.42 Å². The highest BCUT2D eigenvalue weighted by molar-refractivity contribution is 4.58. The van der Waals surface area contributed by atoms with Gasteiger partial charge in [0.25, 0.3) is 0 Å². The van der Waals surface area contributed by atoms with Crippen LogP contribution in [0, 0.1) is 0 Å². The number of rotatable bonds is 0. The molecule has 1 heterocycles. The molecule has 0 aliphatic carbocycles. The van der Waals surface area contributed by atoms with Crippen LogP contribution in [0.5, 0.6) is 0 Å². The molecular weight excluding hydrogens is 138 g/mol. The molecule has 2 heteroatoms. The van der Waals surface area contributed by atoms with Gasteiger partial charge in [0.2, 0.25) is 0 Å². The fourth-order valence-electron chi connectivity index (χ4n) is 1.05. The van der Waals surface area contributed by atoms with Gasteiger partial charge in [-0.2, -0.15) is 0 Å². The zero-order chi connectivity index (χ0) is 8.69. The molecule has 0 unspecified atom stereocenters. The molecule has 1 rings (SSSR count). The average molecular weight is 159 g/mol. The summed E-state index contributed by atoms with van der Waals surface area (Å²) in [6.07, 6.45) is 4.11. The molecule has 1 saturated heterocycles. The maximum atomic E-state index is 8.06. The molecule has 1 aliphatic rings. The highest BCUT2D eigenvalue weighted by atomic mass is 16.3. The standard InChI is InChI=1S/C6H13N.C3H8O/c1-7-5-3-2-4-6-7;1-3(2)4/h2-6H2,1H3;3-4H,1-2H3. The Morgan fingerprint density at radius 1 is 1.09 bits per heavy atom. The molecule has 0 amide bonds. The lowest BCUT2D eigenvalue weighted by molar-refractivity contribution is 0.216. The first-order valence-electron chi connectivity index (χ1n) is 4.49. The number of piperidine rings is 1. The highest BCUT2D eigenvalue weighted by Crippen LogP contribution is 2.04. The van der Waals surface area contributed by atoms with Crippen LogP contribution < -0.4 is 0 Å².